The number of hydrogen-bond acceptors (Lipinski definition) is 5. The Labute approximate surface area is 115 Å². The fourth-order valence-corrected chi connectivity index (χ4v) is 2.60. The Hall–Kier alpha value is -1.36. The zero-order valence-electron chi connectivity index (χ0n) is 12.1. The molecule has 1 aromatic rings. The lowest BCUT2D eigenvalue weighted by Gasteiger charge is -2.30. The minimum absolute atomic E-state index is 0.531. The number of ether oxygens (including phenoxy) is 1. The Morgan fingerprint density at radius 3 is 2.89 bits per heavy atom. The monoisotopic (exact) mass is 264 g/mol. The SMILES string of the molecule is CCCN(c1ncnc(OCC)c1C)C1CCNC1. The normalized spacial score (nSPS) is 18.6. The molecule has 5 nitrogen and oxygen atoms in total. The first-order chi connectivity index (χ1) is 9.27. The maximum Gasteiger partial charge on any atom is 0.221 e. The van der Waals surface area contributed by atoms with Crippen LogP contribution in [0.4, 0.5) is 5.82 Å². The third-order valence-electron chi connectivity index (χ3n) is 3.50. The topological polar surface area (TPSA) is 50.3 Å². The van der Waals surface area contributed by atoms with Gasteiger partial charge in [0.15, 0.2) is 0 Å². The quantitative estimate of drug-likeness (QED) is 0.848. The van der Waals surface area contributed by atoms with Gasteiger partial charge in [0.1, 0.15) is 12.1 Å². The van der Waals surface area contributed by atoms with E-state index in [1.54, 1.807) is 6.33 Å². The first kappa shape index (κ1) is 14.1. The summed E-state index contributed by atoms with van der Waals surface area (Å²) in [7, 11) is 0. The van der Waals surface area contributed by atoms with Crippen LogP contribution in [-0.4, -0.2) is 42.3 Å². The molecule has 0 saturated carbocycles. The van der Waals surface area contributed by atoms with Crippen LogP contribution in [-0.2, 0) is 0 Å². The van der Waals surface area contributed by atoms with Gasteiger partial charge in [0.25, 0.3) is 0 Å². The number of aromatic nitrogens is 2. The molecule has 1 N–H and O–H groups in total. The second kappa shape index (κ2) is 6.70. The van der Waals surface area contributed by atoms with Crippen LogP contribution in [0.5, 0.6) is 5.88 Å². The second-order valence-electron chi connectivity index (χ2n) is 4.90. The molecule has 1 aliphatic heterocycles. The van der Waals surface area contributed by atoms with E-state index in [2.05, 4.69) is 27.1 Å². The second-order valence-corrected chi connectivity index (χ2v) is 4.90. The summed E-state index contributed by atoms with van der Waals surface area (Å²) < 4.78 is 5.57. The zero-order chi connectivity index (χ0) is 13.7. The van der Waals surface area contributed by atoms with E-state index in [-0.39, 0.29) is 0 Å². The van der Waals surface area contributed by atoms with E-state index in [0.717, 1.165) is 37.4 Å². The van der Waals surface area contributed by atoms with Gasteiger partial charge in [-0.1, -0.05) is 6.92 Å². The molecule has 2 heterocycles. The molecule has 0 spiro atoms. The largest absolute Gasteiger partial charge is 0.478 e. The Morgan fingerprint density at radius 2 is 2.26 bits per heavy atom. The van der Waals surface area contributed by atoms with Crippen LogP contribution in [0.1, 0.15) is 32.3 Å². The van der Waals surface area contributed by atoms with Crippen molar-refractivity contribution in [1.29, 1.82) is 0 Å². The number of nitrogens with one attached hydrogen (secondary N) is 1. The van der Waals surface area contributed by atoms with Crippen molar-refractivity contribution in [3.63, 3.8) is 0 Å². The van der Waals surface area contributed by atoms with Gasteiger partial charge < -0.3 is 15.0 Å². The minimum Gasteiger partial charge on any atom is -0.478 e. The van der Waals surface area contributed by atoms with Crippen LogP contribution in [0.15, 0.2) is 6.33 Å². The molecule has 2 rings (SSSR count). The van der Waals surface area contributed by atoms with Gasteiger partial charge in [-0.15, -0.1) is 0 Å². The average molecular weight is 264 g/mol. The third kappa shape index (κ3) is 3.15. The van der Waals surface area contributed by atoms with Crippen molar-refractivity contribution in [3.05, 3.63) is 11.9 Å². The van der Waals surface area contributed by atoms with Crippen molar-refractivity contribution in [1.82, 2.24) is 15.3 Å². The molecular formula is C14H24N4O. The highest BCUT2D eigenvalue weighted by atomic mass is 16.5. The van der Waals surface area contributed by atoms with Crippen LogP contribution in [0.25, 0.3) is 0 Å². The maximum atomic E-state index is 5.57. The summed E-state index contributed by atoms with van der Waals surface area (Å²) in [5.41, 5.74) is 1.05. The Morgan fingerprint density at radius 1 is 1.42 bits per heavy atom. The van der Waals surface area contributed by atoms with Gasteiger partial charge in [0.2, 0.25) is 5.88 Å². The summed E-state index contributed by atoms with van der Waals surface area (Å²) in [4.78, 5) is 11.1. The Bertz CT molecular complexity index is 404. The molecule has 0 aromatic carbocycles. The molecule has 0 bridgehead atoms. The highest BCUT2D eigenvalue weighted by Gasteiger charge is 2.25. The summed E-state index contributed by atoms with van der Waals surface area (Å²) >= 11 is 0. The predicted octanol–water partition coefficient (Wildman–Crippen LogP) is 1.76. The van der Waals surface area contributed by atoms with Crippen LogP contribution in [0.3, 0.4) is 0 Å². The lowest BCUT2D eigenvalue weighted by molar-refractivity contribution is 0.323. The molecule has 0 amide bonds. The average Bonchev–Trinajstić information content (AvgIpc) is 2.93. The van der Waals surface area contributed by atoms with Crippen LogP contribution in [0, 0.1) is 6.92 Å². The molecule has 1 fully saturated rings. The highest BCUT2D eigenvalue weighted by molar-refractivity contribution is 5.51. The molecule has 1 saturated heterocycles. The van der Waals surface area contributed by atoms with Gasteiger partial charge >= 0.3 is 0 Å². The van der Waals surface area contributed by atoms with E-state index in [4.69, 9.17) is 4.74 Å². The van der Waals surface area contributed by atoms with Crippen molar-refractivity contribution in [3.8, 4) is 5.88 Å². The molecule has 19 heavy (non-hydrogen) atoms. The van der Waals surface area contributed by atoms with Crippen LogP contribution in [0.2, 0.25) is 0 Å². The first-order valence-corrected chi connectivity index (χ1v) is 7.19. The van der Waals surface area contributed by atoms with Gasteiger partial charge in [-0.25, -0.2) is 9.97 Å². The predicted molar refractivity (Wildman–Crippen MR) is 76.8 cm³/mol. The van der Waals surface area contributed by atoms with Crippen molar-refractivity contribution >= 4 is 5.82 Å². The third-order valence-corrected chi connectivity index (χ3v) is 3.50. The number of rotatable bonds is 6. The van der Waals surface area contributed by atoms with Crippen LogP contribution < -0.4 is 15.0 Å². The van der Waals surface area contributed by atoms with E-state index < -0.39 is 0 Å². The molecule has 1 unspecified atom stereocenters. The van der Waals surface area contributed by atoms with Gasteiger partial charge in [0, 0.05) is 19.1 Å². The maximum absolute atomic E-state index is 5.57. The summed E-state index contributed by atoms with van der Waals surface area (Å²) in [6, 6.07) is 0.531. The molecule has 106 valence electrons. The van der Waals surface area contributed by atoms with Gasteiger partial charge in [0.05, 0.1) is 12.2 Å². The summed E-state index contributed by atoms with van der Waals surface area (Å²) in [5, 5.41) is 3.42. The van der Waals surface area contributed by atoms with Crippen molar-refractivity contribution in [2.75, 3.05) is 31.1 Å². The fraction of sp³-hybridized carbons (Fsp3) is 0.714. The highest BCUT2D eigenvalue weighted by Crippen LogP contribution is 2.27. The van der Waals surface area contributed by atoms with Crippen molar-refractivity contribution in [2.45, 2.75) is 39.7 Å². The minimum atomic E-state index is 0.531. The van der Waals surface area contributed by atoms with E-state index in [1.807, 2.05) is 13.8 Å². The Kier molecular flexibility index (Phi) is 4.96. The number of nitrogens with zero attached hydrogens (tertiary/aromatic N) is 3. The van der Waals surface area contributed by atoms with Gasteiger partial charge in [-0.2, -0.15) is 0 Å². The Balaban J connectivity index is 2.27. The molecule has 1 aromatic heterocycles. The van der Waals surface area contributed by atoms with Crippen LogP contribution >= 0.6 is 0 Å². The van der Waals surface area contributed by atoms with E-state index in [0.29, 0.717) is 18.5 Å². The fourth-order valence-electron chi connectivity index (χ4n) is 2.60. The lowest BCUT2D eigenvalue weighted by atomic mass is 10.2. The van der Waals surface area contributed by atoms with E-state index >= 15 is 0 Å². The molecular weight excluding hydrogens is 240 g/mol. The lowest BCUT2D eigenvalue weighted by Crippen LogP contribution is -2.38. The molecule has 5 heteroatoms. The standard InChI is InChI=1S/C14H24N4O/c1-4-8-18(12-6-7-15-9-12)13-11(3)14(19-5-2)17-10-16-13/h10,12,15H,4-9H2,1-3H3. The van der Waals surface area contributed by atoms with E-state index in [9.17, 15) is 0 Å². The zero-order valence-corrected chi connectivity index (χ0v) is 12.1. The van der Waals surface area contributed by atoms with Crippen molar-refractivity contribution in [2.24, 2.45) is 0 Å². The van der Waals surface area contributed by atoms with E-state index in [1.165, 1.54) is 6.42 Å². The molecule has 1 atom stereocenters. The van der Waals surface area contributed by atoms with Gasteiger partial charge in [-0.3, -0.25) is 0 Å². The molecule has 1 aliphatic rings. The number of hydrogen-bond donors (Lipinski definition) is 1. The molecule has 0 radical (unpaired) electrons. The van der Waals surface area contributed by atoms with Gasteiger partial charge in [-0.05, 0) is 33.2 Å². The summed E-state index contributed by atoms with van der Waals surface area (Å²) in [6.07, 6.45) is 3.90. The smallest absolute Gasteiger partial charge is 0.221 e. The molecule has 0 aliphatic carbocycles. The first-order valence-electron chi connectivity index (χ1n) is 7.19. The summed E-state index contributed by atoms with van der Waals surface area (Å²) in [6.45, 7) is 10.0. The summed E-state index contributed by atoms with van der Waals surface area (Å²) in [5.74, 6) is 1.73. The number of anilines is 1. The van der Waals surface area contributed by atoms with Crippen molar-refractivity contribution < 1.29 is 4.74 Å².